The number of amides is 1. The largest absolute Gasteiger partial charge is 0.493 e. The van der Waals surface area contributed by atoms with Gasteiger partial charge in [-0.2, -0.15) is 9.49 Å². The second kappa shape index (κ2) is 7.08. The van der Waals surface area contributed by atoms with Crippen LogP contribution in [-0.2, 0) is 12.6 Å². The molecule has 2 aromatic carbocycles. The zero-order valence-electron chi connectivity index (χ0n) is 17.2. The lowest BCUT2D eigenvalue weighted by atomic mass is 9.81. The topological polar surface area (TPSA) is 56.6 Å². The van der Waals surface area contributed by atoms with Crippen molar-refractivity contribution >= 4 is 5.91 Å². The fraction of sp³-hybridized carbons (Fsp3) is 0.304. The lowest BCUT2D eigenvalue weighted by Gasteiger charge is -2.44. The van der Waals surface area contributed by atoms with Crippen molar-refractivity contribution in [2.75, 3.05) is 20.2 Å². The summed E-state index contributed by atoms with van der Waals surface area (Å²) in [7, 11) is 3.12. The van der Waals surface area contributed by atoms with E-state index in [1.165, 1.54) is 13.2 Å². The maximum absolute atomic E-state index is 14.1. The monoisotopic (exact) mass is 425 g/mol. The summed E-state index contributed by atoms with van der Waals surface area (Å²) in [6, 6.07) is 10.1. The number of rotatable bonds is 2. The van der Waals surface area contributed by atoms with Crippen LogP contribution in [0, 0.1) is 11.6 Å². The van der Waals surface area contributed by atoms with Crippen LogP contribution < -0.4 is 9.47 Å². The molecule has 31 heavy (non-hydrogen) atoms. The van der Waals surface area contributed by atoms with E-state index in [0.29, 0.717) is 25.9 Å². The van der Waals surface area contributed by atoms with E-state index in [9.17, 15) is 13.6 Å². The Balaban J connectivity index is 1.44. The van der Waals surface area contributed by atoms with Gasteiger partial charge in [0.15, 0.2) is 11.6 Å². The Morgan fingerprint density at radius 2 is 1.90 bits per heavy atom. The first-order valence-corrected chi connectivity index (χ1v) is 10.1. The first-order valence-electron chi connectivity index (χ1n) is 10.1. The lowest BCUT2D eigenvalue weighted by Crippen LogP contribution is -2.49. The highest BCUT2D eigenvalue weighted by atomic mass is 19.2. The minimum absolute atomic E-state index is 0.00863. The molecule has 5 rings (SSSR count). The average Bonchev–Trinajstić information content (AvgIpc) is 3.18. The number of methoxy groups -OCH3 is 1. The molecular formula is C23H21F2N3O3. The summed E-state index contributed by atoms with van der Waals surface area (Å²) in [5, 5.41) is 4.45. The highest BCUT2D eigenvalue weighted by Gasteiger charge is 2.46. The third kappa shape index (κ3) is 2.89. The molecule has 1 aromatic heterocycles. The molecule has 3 heterocycles. The molecule has 0 unspecified atom stereocenters. The standard InChI is InChI=1S/C23H21F2N3O3/c1-27-20-14-5-3-4-6-18(14)31-23(16(20)13-26-27)9-11-28(12-10-23)22(29)15-7-8-17(24)19(25)21(15)30-2/h3-8,13H,9-12H2,1-2H3. The van der Waals surface area contributed by atoms with Crippen LogP contribution in [0.3, 0.4) is 0 Å². The van der Waals surface area contributed by atoms with Crippen molar-refractivity contribution in [3.63, 3.8) is 0 Å². The molecule has 1 spiro atoms. The zero-order chi connectivity index (χ0) is 21.8. The molecule has 0 N–H and O–H groups in total. The molecule has 8 heteroatoms. The van der Waals surface area contributed by atoms with Crippen LogP contribution in [0.25, 0.3) is 11.3 Å². The van der Waals surface area contributed by atoms with Crippen LogP contribution in [0.1, 0.15) is 28.8 Å². The first-order chi connectivity index (χ1) is 14.9. The number of hydrogen-bond donors (Lipinski definition) is 0. The van der Waals surface area contributed by atoms with Gasteiger partial charge in [-0.25, -0.2) is 4.39 Å². The highest BCUT2D eigenvalue weighted by Crippen LogP contribution is 2.49. The van der Waals surface area contributed by atoms with Gasteiger partial charge in [0.1, 0.15) is 11.4 Å². The van der Waals surface area contributed by atoms with E-state index in [0.717, 1.165) is 28.6 Å². The molecule has 6 nitrogen and oxygen atoms in total. The number of carbonyl (C=O) groups is 1. The van der Waals surface area contributed by atoms with Crippen LogP contribution in [0.5, 0.6) is 11.5 Å². The molecule has 1 saturated heterocycles. The number of nitrogens with zero attached hydrogens (tertiary/aromatic N) is 3. The van der Waals surface area contributed by atoms with Crippen molar-refractivity contribution in [3.05, 3.63) is 65.4 Å². The van der Waals surface area contributed by atoms with Crippen LogP contribution in [0.15, 0.2) is 42.6 Å². The normalized spacial score (nSPS) is 16.5. The molecule has 0 aliphatic carbocycles. The minimum atomic E-state index is -1.16. The zero-order valence-corrected chi connectivity index (χ0v) is 17.2. The number of benzene rings is 2. The number of piperidine rings is 1. The SMILES string of the molecule is COc1c(C(=O)N2CCC3(CC2)Oc2ccccc2-c2c3cnn2C)ccc(F)c1F. The molecule has 1 fully saturated rings. The summed E-state index contributed by atoms with van der Waals surface area (Å²) in [5.41, 5.74) is 2.44. The second-order valence-corrected chi connectivity index (χ2v) is 7.86. The quantitative estimate of drug-likeness (QED) is 0.625. The number of fused-ring (bicyclic) bond motifs is 4. The van der Waals surface area contributed by atoms with E-state index < -0.39 is 23.1 Å². The molecule has 0 atom stereocenters. The summed E-state index contributed by atoms with van der Waals surface area (Å²) < 4.78 is 40.9. The number of carbonyl (C=O) groups excluding carboxylic acids is 1. The van der Waals surface area contributed by atoms with Crippen molar-refractivity contribution in [2.45, 2.75) is 18.4 Å². The van der Waals surface area contributed by atoms with Crippen molar-refractivity contribution in [3.8, 4) is 22.8 Å². The van der Waals surface area contributed by atoms with Crippen LogP contribution in [0.4, 0.5) is 8.78 Å². The Bertz CT molecular complexity index is 1180. The van der Waals surface area contributed by atoms with Crippen molar-refractivity contribution in [1.29, 1.82) is 0 Å². The van der Waals surface area contributed by atoms with Crippen molar-refractivity contribution in [2.24, 2.45) is 7.05 Å². The van der Waals surface area contributed by atoms with E-state index in [4.69, 9.17) is 9.47 Å². The third-order valence-corrected chi connectivity index (χ3v) is 6.22. The maximum atomic E-state index is 14.1. The van der Waals surface area contributed by atoms with Gasteiger partial charge in [0.25, 0.3) is 5.91 Å². The molecule has 2 aliphatic heterocycles. The Morgan fingerprint density at radius 1 is 1.16 bits per heavy atom. The summed E-state index contributed by atoms with van der Waals surface area (Å²) in [5.74, 6) is -2.19. The lowest BCUT2D eigenvalue weighted by molar-refractivity contribution is -0.00182. The number of likely N-dealkylation sites (tertiary alicyclic amines) is 1. The van der Waals surface area contributed by atoms with Gasteiger partial charge in [-0.15, -0.1) is 0 Å². The summed E-state index contributed by atoms with van der Waals surface area (Å²) in [4.78, 5) is 14.7. The second-order valence-electron chi connectivity index (χ2n) is 7.86. The minimum Gasteiger partial charge on any atom is -0.493 e. The number of aryl methyl sites for hydroxylation is 1. The van der Waals surface area contributed by atoms with E-state index in [-0.39, 0.29) is 11.3 Å². The van der Waals surface area contributed by atoms with Gasteiger partial charge in [0.05, 0.1) is 24.6 Å². The van der Waals surface area contributed by atoms with Gasteiger partial charge in [0, 0.05) is 44.1 Å². The van der Waals surface area contributed by atoms with Gasteiger partial charge in [0.2, 0.25) is 5.82 Å². The summed E-state index contributed by atoms with van der Waals surface area (Å²) >= 11 is 0. The fourth-order valence-electron chi connectivity index (χ4n) is 4.62. The van der Waals surface area contributed by atoms with E-state index >= 15 is 0 Å². The molecule has 2 aliphatic rings. The molecule has 1 amide bonds. The van der Waals surface area contributed by atoms with Crippen LogP contribution in [-0.4, -0.2) is 40.8 Å². The van der Waals surface area contributed by atoms with Gasteiger partial charge >= 0.3 is 0 Å². The summed E-state index contributed by atoms with van der Waals surface area (Å²) in [6.07, 6.45) is 2.94. The van der Waals surface area contributed by atoms with Gasteiger partial charge < -0.3 is 14.4 Å². The number of ether oxygens (including phenoxy) is 2. The number of para-hydroxylation sites is 1. The van der Waals surface area contributed by atoms with E-state index in [2.05, 4.69) is 5.10 Å². The third-order valence-electron chi connectivity index (χ3n) is 6.22. The van der Waals surface area contributed by atoms with E-state index in [1.807, 2.05) is 42.2 Å². The molecule has 0 bridgehead atoms. The Morgan fingerprint density at radius 3 is 2.65 bits per heavy atom. The Labute approximate surface area is 178 Å². The highest BCUT2D eigenvalue weighted by molar-refractivity contribution is 5.97. The Kier molecular flexibility index (Phi) is 4.46. The number of hydrogen-bond acceptors (Lipinski definition) is 4. The predicted molar refractivity (Wildman–Crippen MR) is 109 cm³/mol. The van der Waals surface area contributed by atoms with Gasteiger partial charge in [-0.1, -0.05) is 12.1 Å². The van der Waals surface area contributed by atoms with Crippen LogP contribution >= 0.6 is 0 Å². The smallest absolute Gasteiger partial charge is 0.257 e. The Hall–Kier alpha value is -3.42. The van der Waals surface area contributed by atoms with Crippen molar-refractivity contribution < 1.29 is 23.0 Å². The summed E-state index contributed by atoms with van der Waals surface area (Å²) in [6.45, 7) is 0.801. The fourth-order valence-corrected chi connectivity index (χ4v) is 4.62. The first kappa shape index (κ1) is 19.5. The van der Waals surface area contributed by atoms with E-state index in [1.54, 1.807) is 4.90 Å². The van der Waals surface area contributed by atoms with Gasteiger partial charge in [-0.05, 0) is 24.3 Å². The molecule has 0 saturated carbocycles. The molecular weight excluding hydrogens is 404 g/mol. The average molecular weight is 425 g/mol. The van der Waals surface area contributed by atoms with Crippen LogP contribution in [0.2, 0.25) is 0 Å². The molecule has 160 valence electrons. The molecule has 0 radical (unpaired) electrons. The maximum Gasteiger partial charge on any atom is 0.257 e. The number of aromatic nitrogens is 2. The molecule has 3 aromatic rings. The van der Waals surface area contributed by atoms with Crippen molar-refractivity contribution in [1.82, 2.24) is 14.7 Å². The predicted octanol–water partition coefficient (Wildman–Crippen LogP) is 3.90. The van der Waals surface area contributed by atoms with Gasteiger partial charge in [-0.3, -0.25) is 9.48 Å². The number of halogens is 2.